The summed E-state index contributed by atoms with van der Waals surface area (Å²) >= 11 is 0. The summed E-state index contributed by atoms with van der Waals surface area (Å²) in [6.45, 7) is 0.759. The lowest BCUT2D eigenvalue weighted by Crippen LogP contribution is -2.31. The van der Waals surface area contributed by atoms with E-state index in [1.807, 2.05) is 19.0 Å². The molecule has 0 amide bonds. The summed E-state index contributed by atoms with van der Waals surface area (Å²) in [5, 5.41) is 0. The minimum Gasteiger partial charge on any atom is -0.399 e. The topological polar surface area (TPSA) is 75.4 Å². The van der Waals surface area contributed by atoms with Gasteiger partial charge >= 0.3 is 0 Å². The van der Waals surface area contributed by atoms with Crippen molar-refractivity contribution in [3.05, 3.63) is 24.0 Å². The van der Waals surface area contributed by atoms with Gasteiger partial charge in [0.15, 0.2) is 0 Å². The zero-order chi connectivity index (χ0) is 13.1. The third-order valence-electron chi connectivity index (χ3n) is 2.10. The zero-order valence-electron chi connectivity index (χ0n) is 9.77. The Bertz CT molecular complexity index is 488. The fourth-order valence-electron chi connectivity index (χ4n) is 1.22. The first-order valence-corrected chi connectivity index (χ1v) is 6.50. The Morgan fingerprint density at radius 1 is 1.41 bits per heavy atom. The highest BCUT2D eigenvalue weighted by molar-refractivity contribution is 7.89. The standard InChI is InChI=1S/C10H16FN3O2S/c1-14(2)6-5-13-17(15,16)10-4-3-8(12)7-9(10)11/h3-4,7,13H,5-6,12H2,1-2H3. The molecule has 7 heteroatoms. The van der Waals surface area contributed by atoms with E-state index in [0.29, 0.717) is 6.54 Å². The highest BCUT2D eigenvalue weighted by Crippen LogP contribution is 2.16. The molecule has 96 valence electrons. The lowest BCUT2D eigenvalue weighted by Gasteiger charge is -2.11. The number of anilines is 1. The molecule has 0 saturated heterocycles. The average molecular weight is 261 g/mol. The van der Waals surface area contributed by atoms with Crippen LogP contribution in [0.3, 0.4) is 0 Å². The van der Waals surface area contributed by atoms with E-state index in [1.165, 1.54) is 6.07 Å². The minimum absolute atomic E-state index is 0.190. The van der Waals surface area contributed by atoms with Gasteiger partial charge in [-0.3, -0.25) is 0 Å². The number of benzene rings is 1. The third kappa shape index (κ3) is 3.95. The maximum absolute atomic E-state index is 13.4. The number of nitrogens with zero attached hydrogens (tertiary/aromatic N) is 1. The second-order valence-corrected chi connectivity index (χ2v) is 5.63. The number of nitrogen functional groups attached to an aromatic ring is 1. The summed E-state index contributed by atoms with van der Waals surface area (Å²) in [5.74, 6) is -0.845. The van der Waals surface area contributed by atoms with Crippen LogP contribution in [0.1, 0.15) is 0 Å². The molecule has 1 aromatic carbocycles. The molecule has 3 N–H and O–H groups in total. The molecule has 0 atom stereocenters. The van der Waals surface area contributed by atoms with Crippen LogP contribution in [-0.4, -0.2) is 40.5 Å². The number of nitrogens with two attached hydrogens (primary N) is 1. The summed E-state index contributed by atoms with van der Waals surface area (Å²) in [7, 11) is -0.175. The molecule has 5 nitrogen and oxygen atoms in total. The second-order valence-electron chi connectivity index (χ2n) is 3.89. The van der Waals surface area contributed by atoms with Gasteiger partial charge in [-0.25, -0.2) is 17.5 Å². The van der Waals surface area contributed by atoms with E-state index in [0.717, 1.165) is 12.1 Å². The normalized spacial score (nSPS) is 12.0. The van der Waals surface area contributed by atoms with Crippen LogP contribution in [0, 0.1) is 5.82 Å². The highest BCUT2D eigenvalue weighted by Gasteiger charge is 2.18. The van der Waals surface area contributed by atoms with Crippen LogP contribution in [0.4, 0.5) is 10.1 Å². The predicted molar refractivity (Wildman–Crippen MR) is 64.6 cm³/mol. The Morgan fingerprint density at radius 3 is 2.59 bits per heavy atom. The molecule has 0 aliphatic heterocycles. The van der Waals surface area contributed by atoms with Crippen molar-refractivity contribution in [1.82, 2.24) is 9.62 Å². The van der Waals surface area contributed by atoms with Crippen LogP contribution >= 0.6 is 0 Å². The Labute approximate surface area is 100 Å². The van der Waals surface area contributed by atoms with Gasteiger partial charge in [0.25, 0.3) is 0 Å². The molecule has 0 bridgehead atoms. The zero-order valence-corrected chi connectivity index (χ0v) is 10.6. The number of nitrogens with one attached hydrogen (secondary N) is 1. The molecule has 0 unspecified atom stereocenters. The van der Waals surface area contributed by atoms with Crippen molar-refractivity contribution in [1.29, 1.82) is 0 Å². The van der Waals surface area contributed by atoms with Crippen molar-refractivity contribution in [2.75, 3.05) is 32.9 Å². The molecule has 0 aliphatic rings. The molecular weight excluding hydrogens is 245 g/mol. The van der Waals surface area contributed by atoms with E-state index in [1.54, 1.807) is 0 Å². The number of halogens is 1. The van der Waals surface area contributed by atoms with Crippen LogP contribution in [0.2, 0.25) is 0 Å². The first-order valence-electron chi connectivity index (χ1n) is 5.02. The van der Waals surface area contributed by atoms with E-state index in [9.17, 15) is 12.8 Å². The van der Waals surface area contributed by atoms with Gasteiger partial charge < -0.3 is 10.6 Å². The molecule has 1 aromatic rings. The third-order valence-corrected chi connectivity index (χ3v) is 3.59. The number of hydrogen-bond acceptors (Lipinski definition) is 4. The van der Waals surface area contributed by atoms with E-state index < -0.39 is 15.8 Å². The van der Waals surface area contributed by atoms with Gasteiger partial charge in [-0.05, 0) is 32.3 Å². The van der Waals surface area contributed by atoms with Crippen LogP contribution < -0.4 is 10.5 Å². The monoisotopic (exact) mass is 261 g/mol. The molecule has 0 spiro atoms. The smallest absolute Gasteiger partial charge is 0.243 e. The first-order chi connectivity index (χ1) is 7.83. The molecule has 0 fully saturated rings. The van der Waals surface area contributed by atoms with Crippen LogP contribution in [-0.2, 0) is 10.0 Å². The van der Waals surface area contributed by atoms with Crippen molar-refractivity contribution < 1.29 is 12.8 Å². The largest absolute Gasteiger partial charge is 0.399 e. The van der Waals surface area contributed by atoms with E-state index in [-0.39, 0.29) is 17.1 Å². The van der Waals surface area contributed by atoms with Crippen molar-refractivity contribution in [2.45, 2.75) is 4.90 Å². The summed E-state index contributed by atoms with van der Waals surface area (Å²) in [6.07, 6.45) is 0. The van der Waals surface area contributed by atoms with Gasteiger partial charge in [0, 0.05) is 18.8 Å². The Hall–Kier alpha value is -1.18. The van der Waals surface area contributed by atoms with Gasteiger partial charge in [0.05, 0.1) is 0 Å². The maximum Gasteiger partial charge on any atom is 0.243 e. The lowest BCUT2D eigenvalue weighted by molar-refractivity contribution is 0.412. The molecule has 0 heterocycles. The Kier molecular flexibility index (Phi) is 4.44. The quantitative estimate of drug-likeness (QED) is 0.745. The molecule has 17 heavy (non-hydrogen) atoms. The van der Waals surface area contributed by atoms with Gasteiger partial charge in [-0.15, -0.1) is 0 Å². The molecular formula is C10H16FN3O2S. The van der Waals surface area contributed by atoms with Crippen LogP contribution in [0.25, 0.3) is 0 Å². The molecule has 0 radical (unpaired) electrons. The molecule has 1 rings (SSSR count). The van der Waals surface area contributed by atoms with E-state index >= 15 is 0 Å². The van der Waals surface area contributed by atoms with Gasteiger partial charge in [0.1, 0.15) is 10.7 Å². The Morgan fingerprint density at radius 2 is 2.06 bits per heavy atom. The summed E-state index contributed by atoms with van der Waals surface area (Å²) < 4.78 is 39.2. The average Bonchev–Trinajstić information content (AvgIpc) is 2.15. The first kappa shape index (κ1) is 13.9. The van der Waals surface area contributed by atoms with Crippen molar-refractivity contribution >= 4 is 15.7 Å². The molecule has 0 aliphatic carbocycles. The lowest BCUT2D eigenvalue weighted by atomic mass is 10.3. The van der Waals surface area contributed by atoms with E-state index in [2.05, 4.69) is 4.72 Å². The summed E-state index contributed by atoms with van der Waals surface area (Å²) in [5.41, 5.74) is 5.54. The van der Waals surface area contributed by atoms with Crippen LogP contribution in [0.5, 0.6) is 0 Å². The maximum atomic E-state index is 13.4. The van der Waals surface area contributed by atoms with Crippen molar-refractivity contribution in [3.63, 3.8) is 0 Å². The highest BCUT2D eigenvalue weighted by atomic mass is 32.2. The minimum atomic E-state index is -3.81. The fraction of sp³-hybridized carbons (Fsp3) is 0.400. The second kappa shape index (κ2) is 5.44. The number of sulfonamides is 1. The van der Waals surface area contributed by atoms with Gasteiger partial charge in [-0.1, -0.05) is 0 Å². The van der Waals surface area contributed by atoms with Crippen LogP contribution in [0.15, 0.2) is 23.1 Å². The number of hydrogen-bond donors (Lipinski definition) is 2. The summed E-state index contributed by atoms with van der Waals surface area (Å²) in [6, 6.07) is 3.49. The molecule has 0 aromatic heterocycles. The van der Waals surface area contributed by atoms with Crippen molar-refractivity contribution in [3.8, 4) is 0 Å². The predicted octanol–water partition coefficient (Wildman–Crippen LogP) is 0.248. The van der Waals surface area contributed by atoms with Gasteiger partial charge in [0.2, 0.25) is 10.0 Å². The Balaban J connectivity index is 2.83. The van der Waals surface area contributed by atoms with Gasteiger partial charge in [-0.2, -0.15) is 0 Å². The SMILES string of the molecule is CN(C)CCNS(=O)(=O)c1ccc(N)cc1F. The molecule has 0 saturated carbocycles. The van der Waals surface area contributed by atoms with E-state index in [4.69, 9.17) is 5.73 Å². The summed E-state index contributed by atoms with van der Waals surface area (Å²) in [4.78, 5) is 1.44. The number of likely N-dealkylation sites (N-methyl/N-ethyl adjacent to an activating group) is 1. The number of rotatable bonds is 5. The van der Waals surface area contributed by atoms with Crippen molar-refractivity contribution in [2.24, 2.45) is 0 Å². The fourth-order valence-corrected chi connectivity index (χ4v) is 2.29.